The normalized spacial score (nSPS) is 11.1. The minimum atomic E-state index is -0.938. The second-order valence-corrected chi connectivity index (χ2v) is 5.73. The maximum Gasteiger partial charge on any atom is 0.305 e. The molecular formula is C13H16BrNO3. The molecule has 2 N–H and O–H groups in total. The highest BCUT2D eigenvalue weighted by Gasteiger charge is 2.24. The summed E-state index contributed by atoms with van der Waals surface area (Å²) in [5.41, 5.74) is 0.706. The van der Waals surface area contributed by atoms with E-state index in [2.05, 4.69) is 21.2 Å². The quantitative estimate of drug-likeness (QED) is 0.898. The van der Waals surface area contributed by atoms with Crippen LogP contribution < -0.4 is 5.32 Å². The molecule has 0 heterocycles. The molecule has 1 aromatic rings. The van der Waals surface area contributed by atoms with E-state index in [1.807, 2.05) is 6.92 Å². The average molecular weight is 314 g/mol. The Labute approximate surface area is 115 Å². The predicted octanol–water partition coefficient (Wildman–Crippen LogP) is 2.74. The number of aliphatic carboxylic acids is 1. The second kappa shape index (κ2) is 5.52. The molecule has 0 bridgehead atoms. The third-order valence-corrected chi connectivity index (χ3v) is 3.35. The van der Waals surface area contributed by atoms with Crippen molar-refractivity contribution in [1.29, 1.82) is 0 Å². The molecule has 0 radical (unpaired) electrons. The number of hydrogen-bond donors (Lipinski definition) is 2. The molecule has 0 fully saturated rings. The summed E-state index contributed by atoms with van der Waals surface area (Å²) in [4.78, 5) is 22.7. The molecule has 0 unspecified atom stereocenters. The SMILES string of the molecule is Cc1cc(C(=O)NC(C)(C)CC(=O)O)ccc1Br. The third-order valence-electron chi connectivity index (χ3n) is 2.47. The fourth-order valence-corrected chi connectivity index (χ4v) is 1.83. The van der Waals surface area contributed by atoms with E-state index in [0.29, 0.717) is 5.56 Å². The highest BCUT2D eigenvalue weighted by Crippen LogP contribution is 2.18. The van der Waals surface area contributed by atoms with Crippen LogP contribution in [0.5, 0.6) is 0 Å². The molecule has 0 aliphatic rings. The highest BCUT2D eigenvalue weighted by molar-refractivity contribution is 9.10. The number of carbonyl (C=O) groups excluding carboxylic acids is 1. The van der Waals surface area contributed by atoms with Gasteiger partial charge in [-0.1, -0.05) is 15.9 Å². The Morgan fingerprint density at radius 2 is 2.00 bits per heavy atom. The lowest BCUT2D eigenvalue weighted by molar-refractivity contribution is -0.138. The van der Waals surface area contributed by atoms with Crippen LogP contribution in [0.1, 0.15) is 36.2 Å². The van der Waals surface area contributed by atoms with Crippen LogP contribution >= 0.6 is 15.9 Å². The van der Waals surface area contributed by atoms with Crippen LogP contribution in [0.3, 0.4) is 0 Å². The maximum absolute atomic E-state index is 12.0. The van der Waals surface area contributed by atoms with Crippen molar-refractivity contribution >= 4 is 27.8 Å². The van der Waals surface area contributed by atoms with Crippen molar-refractivity contribution in [2.24, 2.45) is 0 Å². The Hall–Kier alpha value is -1.36. The van der Waals surface area contributed by atoms with Crippen LogP contribution in [0, 0.1) is 6.92 Å². The van der Waals surface area contributed by atoms with Gasteiger partial charge in [0.25, 0.3) is 5.91 Å². The van der Waals surface area contributed by atoms with E-state index in [9.17, 15) is 9.59 Å². The van der Waals surface area contributed by atoms with Crippen molar-refractivity contribution in [2.45, 2.75) is 32.7 Å². The number of aryl methyl sites for hydroxylation is 1. The topological polar surface area (TPSA) is 66.4 Å². The molecule has 4 nitrogen and oxygen atoms in total. The Morgan fingerprint density at radius 1 is 1.39 bits per heavy atom. The lowest BCUT2D eigenvalue weighted by Gasteiger charge is -2.24. The molecule has 0 aliphatic carbocycles. The molecule has 0 aromatic heterocycles. The van der Waals surface area contributed by atoms with Crippen molar-refractivity contribution in [2.75, 3.05) is 0 Å². The lowest BCUT2D eigenvalue weighted by atomic mass is 10.00. The van der Waals surface area contributed by atoms with Crippen molar-refractivity contribution in [1.82, 2.24) is 5.32 Å². The average Bonchev–Trinajstić information content (AvgIpc) is 2.19. The van der Waals surface area contributed by atoms with Crippen molar-refractivity contribution in [3.63, 3.8) is 0 Å². The van der Waals surface area contributed by atoms with Gasteiger partial charge < -0.3 is 10.4 Å². The number of nitrogens with one attached hydrogen (secondary N) is 1. The smallest absolute Gasteiger partial charge is 0.305 e. The Kier molecular flexibility index (Phi) is 4.51. The standard InChI is InChI=1S/C13H16BrNO3/c1-8-6-9(4-5-10(8)14)12(18)15-13(2,3)7-11(16)17/h4-6H,7H2,1-3H3,(H,15,18)(H,16,17). The van der Waals surface area contributed by atoms with E-state index in [1.54, 1.807) is 32.0 Å². The minimum Gasteiger partial charge on any atom is -0.481 e. The van der Waals surface area contributed by atoms with Gasteiger partial charge in [-0.3, -0.25) is 9.59 Å². The van der Waals surface area contributed by atoms with Gasteiger partial charge >= 0.3 is 5.97 Å². The Balaban J connectivity index is 2.82. The van der Waals surface area contributed by atoms with E-state index in [0.717, 1.165) is 10.0 Å². The van der Waals surface area contributed by atoms with Gasteiger partial charge in [0.1, 0.15) is 0 Å². The van der Waals surface area contributed by atoms with Gasteiger partial charge in [-0.25, -0.2) is 0 Å². The lowest BCUT2D eigenvalue weighted by Crippen LogP contribution is -2.44. The van der Waals surface area contributed by atoms with Gasteiger partial charge in [-0.05, 0) is 44.5 Å². The summed E-state index contributed by atoms with van der Waals surface area (Å²) in [6.45, 7) is 5.26. The molecule has 1 rings (SSSR count). The van der Waals surface area contributed by atoms with Crippen LogP contribution in [0.4, 0.5) is 0 Å². The van der Waals surface area contributed by atoms with E-state index in [-0.39, 0.29) is 12.3 Å². The number of benzene rings is 1. The van der Waals surface area contributed by atoms with Crippen molar-refractivity contribution < 1.29 is 14.7 Å². The van der Waals surface area contributed by atoms with E-state index < -0.39 is 11.5 Å². The first-order valence-electron chi connectivity index (χ1n) is 5.52. The van der Waals surface area contributed by atoms with Crippen LogP contribution in [0.15, 0.2) is 22.7 Å². The molecule has 0 saturated carbocycles. The highest BCUT2D eigenvalue weighted by atomic mass is 79.9. The molecule has 0 atom stereocenters. The zero-order valence-corrected chi connectivity index (χ0v) is 12.2. The zero-order chi connectivity index (χ0) is 13.9. The summed E-state index contributed by atoms with van der Waals surface area (Å²) in [5.74, 6) is -1.20. The molecule has 0 aliphatic heterocycles. The molecule has 0 saturated heterocycles. The van der Waals surface area contributed by atoms with Crippen molar-refractivity contribution in [3.05, 3.63) is 33.8 Å². The summed E-state index contributed by atoms with van der Waals surface area (Å²) in [6, 6.07) is 5.26. The van der Waals surface area contributed by atoms with Gasteiger partial charge in [0.05, 0.1) is 6.42 Å². The number of amides is 1. The number of halogens is 1. The molecule has 1 aromatic carbocycles. The van der Waals surface area contributed by atoms with Crippen molar-refractivity contribution in [3.8, 4) is 0 Å². The molecule has 5 heteroatoms. The molecule has 0 spiro atoms. The summed E-state index contributed by atoms with van der Waals surface area (Å²) in [6.07, 6.45) is -0.117. The van der Waals surface area contributed by atoms with Gasteiger partial charge in [0.15, 0.2) is 0 Å². The summed E-state index contributed by atoms with van der Waals surface area (Å²) < 4.78 is 0.934. The van der Waals surface area contributed by atoms with Gasteiger partial charge in [-0.2, -0.15) is 0 Å². The third kappa shape index (κ3) is 4.14. The predicted molar refractivity (Wildman–Crippen MR) is 72.7 cm³/mol. The van der Waals surface area contributed by atoms with Crippen LogP contribution in [-0.4, -0.2) is 22.5 Å². The summed E-state index contributed by atoms with van der Waals surface area (Å²) in [5, 5.41) is 11.5. The molecular weight excluding hydrogens is 298 g/mol. The van der Waals surface area contributed by atoms with Crippen LogP contribution in [0.25, 0.3) is 0 Å². The first-order valence-corrected chi connectivity index (χ1v) is 6.31. The fraction of sp³-hybridized carbons (Fsp3) is 0.385. The van der Waals surface area contributed by atoms with Gasteiger partial charge in [0, 0.05) is 15.6 Å². The number of rotatable bonds is 4. The monoisotopic (exact) mass is 313 g/mol. The number of carboxylic acid groups (broad SMARTS) is 1. The van der Waals surface area contributed by atoms with Gasteiger partial charge in [-0.15, -0.1) is 0 Å². The fourth-order valence-electron chi connectivity index (χ4n) is 1.59. The molecule has 98 valence electrons. The number of carboxylic acids is 1. The Morgan fingerprint density at radius 3 is 2.50 bits per heavy atom. The molecule has 18 heavy (non-hydrogen) atoms. The summed E-state index contributed by atoms with van der Waals surface area (Å²) >= 11 is 3.36. The van der Waals surface area contributed by atoms with E-state index in [4.69, 9.17) is 5.11 Å². The summed E-state index contributed by atoms with van der Waals surface area (Å²) in [7, 11) is 0. The number of hydrogen-bond acceptors (Lipinski definition) is 2. The van der Waals surface area contributed by atoms with Crippen LogP contribution in [-0.2, 0) is 4.79 Å². The first kappa shape index (κ1) is 14.7. The zero-order valence-electron chi connectivity index (χ0n) is 10.6. The van der Waals surface area contributed by atoms with E-state index >= 15 is 0 Å². The van der Waals surface area contributed by atoms with E-state index in [1.165, 1.54) is 0 Å². The number of carbonyl (C=O) groups is 2. The first-order chi connectivity index (χ1) is 8.21. The molecule has 1 amide bonds. The second-order valence-electron chi connectivity index (χ2n) is 4.87. The largest absolute Gasteiger partial charge is 0.481 e. The Bertz CT molecular complexity index is 483. The minimum absolute atomic E-state index is 0.117. The maximum atomic E-state index is 12.0. The van der Waals surface area contributed by atoms with Crippen LogP contribution in [0.2, 0.25) is 0 Å². The van der Waals surface area contributed by atoms with Gasteiger partial charge in [0.2, 0.25) is 0 Å².